The Morgan fingerprint density at radius 1 is 1.31 bits per heavy atom. The minimum absolute atomic E-state index is 0.0515. The lowest BCUT2D eigenvalue weighted by molar-refractivity contribution is -0.121. The van der Waals surface area contributed by atoms with Gasteiger partial charge in [-0.3, -0.25) is 4.79 Å². The van der Waals surface area contributed by atoms with E-state index in [2.05, 4.69) is 24.3 Å². The molecule has 1 aromatic heterocycles. The lowest BCUT2D eigenvalue weighted by Crippen LogP contribution is -2.41. The monoisotopic (exact) mass is 442 g/mol. The molecular formula is C19H24ClFN4O3S. The molecule has 10 heteroatoms. The Labute approximate surface area is 174 Å². The number of anilines is 1. The lowest BCUT2D eigenvalue weighted by Gasteiger charge is -2.30. The molecule has 1 aliphatic heterocycles. The third-order valence-corrected chi connectivity index (χ3v) is 7.04. The maximum atomic E-state index is 13.3. The van der Waals surface area contributed by atoms with E-state index in [-0.39, 0.29) is 34.8 Å². The molecule has 2 aromatic rings. The van der Waals surface area contributed by atoms with Gasteiger partial charge in [-0.15, -0.1) is 0 Å². The fourth-order valence-electron chi connectivity index (χ4n) is 3.30. The second kappa shape index (κ2) is 8.81. The number of benzene rings is 1. The average Bonchev–Trinajstić information content (AvgIpc) is 3.09. The fourth-order valence-corrected chi connectivity index (χ4v) is 5.04. The van der Waals surface area contributed by atoms with Crippen molar-refractivity contribution in [3.63, 3.8) is 0 Å². The number of carbonyl (C=O) groups is 1. The van der Waals surface area contributed by atoms with Crippen LogP contribution < -0.4 is 5.32 Å². The Morgan fingerprint density at radius 2 is 2.00 bits per heavy atom. The highest BCUT2D eigenvalue weighted by Crippen LogP contribution is 2.27. The first-order valence-corrected chi connectivity index (χ1v) is 11.3. The van der Waals surface area contributed by atoms with Crippen molar-refractivity contribution in [2.45, 2.75) is 38.1 Å². The van der Waals surface area contributed by atoms with Gasteiger partial charge in [0.2, 0.25) is 15.9 Å². The maximum absolute atomic E-state index is 13.3. The van der Waals surface area contributed by atoms with Gasteiger partial charge in [0.05, 0.1) is 16.1 Å². The summed E-state index contributed by atoms with van der Waals surface area (Å²) in [5.41, 5.74) is 0. The molecule has 0 atom stereocenters. The standard InChI is InChI=1S/C19H24ClFN4O3S/c1-13(2)12-25-18(5-8-22-25)23-19(26)14-6-9-24(10-7-14)29(27,28)15-3-4-17(21)16(20)11-15/h3-5,8,11,13-14H,6-7,9-10,12H2,1-2H3,(H,23,26). The van der Waals surface area contributed by atoms with E-state index >= 15 is 0 Å². The van der Waals surface area contributed by atoms with E-state index in [1.807, 2.05) is 0 Å². The van der Waals surface area contributed by atoms with Crippen LogP contribution in [0.1, 0.15) is 26.7 Å². The summed E-state index contributed by atoms with van der Waals surface area (Å²) in [5.74, 6) is -0.0746. The van der Waals surface area contributed by atoms with Gasteiger partial charge < -0.3 is 5.32 Å². The van der Waals surface area contributed by atoms with E-state index in [1.165, 1.54) is 10.4 Å². The van der Waals surface area contributed by atoms with Crippen LogP contribution in [-0.4, -0.2) is 41.5 Å². The number of rotatable bonds is 6. The summed E-state index contributed by atoms with van der Waals surface area (Å²) in [6.07, 6.45) is 2.44. The second-order valence-electron chi connectivity index (χ2n) is 7.54. The summed E-state index contributed by atoms with van der Waals surface area (Å²) < 4.78 is 41.9. The van der Waals surface area contributed by atoms with Crippen LogP contribution in [0.25, 0.3) is 0 Å². The van der Waals surface area contributed by atoms with Gasteiger partial charge in [0.1, 0.15) is 11.6 Å². The molecule has 0 unspecified atom stereocenters. The number of nitrogens with one attached hydrogen (secondary N) is 1. The zero-order valence-electron chi connectivity index (χ0n) is 16.3. The largest absolute Gasteiger partial charge is 0.311 e. The maximum Gasteiger partial charge on any atom is 0.243 e. The highest BCUT2D eigenvalue weighted by molar-refractivity contribution is 7.89. The Bertz CT molecular complexity index is 985. The van der Waals surface area contributed by atoms with Crippen molar-refractivity contribution in [1.29, 1.82) is 0 Å². The van der Waals surface area contributed by atoms with Gasteiger partial charge in [-0.25, -0.2) is 17.5 Å². The number of hydrogen-bond acceptors (Lipinski definition) is 4. The third-order valence-electron chi connectivity index (χ3n) is 4.86. The van der Waals surface area contributed by atoms with Crippen LogP contribution in [0, 0.1) is 17.7 Å². The van der Waals surface area contributed by atoms with E-state index in [0.717, 1.165) is 12.1 Å². The Balaban J connectivity index is 1.62. The summed E-state index contributed by atoms with van der Waals surface area (Å²) in [6, 6.07) is 5.10. The van der Waals surface area contributed by atoms with Crippen molar-refractivity contribution in [3.05, 3.63) is 41.3 Å². The number of amides is 1. The molecule has 0 saturated carbocycles. The number of aromatic nitrogens is 2. The molecule has 1 saturated heterocycles. The smallest absolute Gasteiger partial charge is 0.243 e. The van der Waals surface area contributed by atoms with Crippen molar-refractivity contribution in [3.8, 4) is 0 Å². The molecule has 1 N–H and O–H groups in total. The molecule has 1 fully saturated rings. The van der Waals surface area contributed by atoms with Crippen LogP contribution in [0.4, 0.5) is 10.2 Å². The molecule has 0 spiro atoms. The van der Waals surface area contributed by atoms with E-state index < -0.39 is 15.8 Å². The van der Waals surface area contributed by atoms with Crippen molar-refractivity contribution >= 4 is 33.3 Å². The molecule has 1 aromatic carbocycles. The third kappa shape index (κ3) is 4.96. The summed E-state index contributed by atoms with van der Waals surface area (Å²) in [6.45, 7) is 5.25. The van der Waals surface area contributed by atoms with Crippen molar-refractivity contribution < 1.29 is 17.6 Å². The first kappa shape index (κ1) is 21.7. The lowest BCUT2D eigenvalue weighted by atomic mass is 9.97. The van der Waals surface area contributed by atoms with Crippen LogP contribution in [0.3, 0.4) is 0 Å². The Kier molecular flexibility index (Phi) is 6.60. The molecule has 7 nitrogen and oxygen atoms in total. The first-order chi connectivity index (χ1) is 13.7. The van der Waals surface area contributed by atoms with E-state index in [4.69, 9.17) is 11.6 Å². The van der Waals surface area contributed by atoms with Crippen molar-refractivity contribution in [2.24, 2.45) is 11.8 Å². The molecule has 3 rings (SSSR count). The molecule has 2 heterocycles. The zero-order chi connectivity index (χ0) is 21.2. The van der Waals surface area contributed by atoms with Crippen LogP contribution in [0.5, 0.6) is 0 Å². The molecular weight excluding hydrogens is 419 g/mol. The normalized spacial score (nSPS) is 16.3. The molecule has 0 bridgehead atoms. The van der Waals surface area contributed by atoms with Gasteiger partial charge >= 0.3 is 0 Å². The molecule has 0 radical (unpaired) electrons. The van der Waals surface area contributed by atoms with Crippen molar-refractivity contribution in [1.82, 2.24) is 14.1 Å². The molecule has 158 valence electrons. The summed E-state index contributed by atoms with van der Waals surface area (Å²) >= 11 is 5.72. The van der Waals surface area contributed by atoms with Crippen LogP contribution in [-0.2, 0) is 21.4 Å². The van der Waals surface area contributed by atoms with Gasteiger partial charge in [0.15, 0.2) is 0 Å². The minimum atomic E-state index is -3.78. The van der Waals surface area contributed by atoms with E-state index in [0.29, 0.717) is 31.1 Å². The molecule has 1 aliphatic rings. The van der Waals surface area contributed by atoms with Crippen LogP contribution in [0.2, 0.25) is 5.02 Å². The summed E-state index contributed by atoms with van der Waals surface area (Å²) in [4.78, 5) is 12.6. The Hall–Kier alpha value is -1.97. The first-order valence-electron chi connectivity index (χ1n) is 9.46. The van der Waals surface area contributed by atoms with E-state index in [9.17, 15) is 17.6 Å². The van der Waals surface area contributed by atoms with E-state index in [1.54, 1.807) is 16.9 Å². The zero-order valence-corrected chi connectivity index (χ0v) is 17.9. The van der Waals surface area contributed by atoms with Gasteiger partial charge in [0.25, 0.3) is 0 Å². The summed E-state index contributed by atoms with van der Waals surface area (Å²) in [7, 11) is -3.78. The quantitative estimate of drug-likeness (QED) is 0.743. The van der Waals surface area contributed by atoms with Crippen molar-refractivity contribution in [2.75, 3.05) is 18.4 Å². The molecule has 29 heavy (non-hydrogen) atoms. The van der Waals surface area contributed by atoms with Gasteiger partial charge in [-0.1, -0.05) is 25.4 Å². The highest BCUT2D eigenvalue weighted by Gasteiger charge is 2.32. The predicted molar refractivity (Wildman–Crippen MR) is 109 cm³/mol. The number of piperidine rings is 1. The highest BCUT2D eigenvalue weighted by atomic mass is 35.5. The van der Waals surface area contributed by atoms with Crippen LogP contribution in [0.15, 0.2) is 35.4 Å². The molecule has 1 amide bonds. The topological polar surface area (TPSA) is 84.3 Å². The number of carbonyl (C=O) groups excluding carboxylic acids is 1. The Morgan fingerprint density at radius 3 is 2.62 bits per heavy atom. The number of sulfonamides is 1. The van der Waals surface area contributed by atoms with Gasteiger partial charge in [0, 0.05) is 31.6 Å². The number of halogens is 2. The fraction of sp³-hybridized carbons (Fsp3) is 0.474. The second-order valence-corrected chi connectivity index (χ2v) is 9.88. The van der Waals surface area contributed by atoms with Gasteiger partial charge in [-0.05, 0) is 37.0 Å². The minimum Gasteiger partial charge on any atom is -0.311 e. The number of hydrogen-bond donors (Lipinski definition) is 1. The molecule has 0 aliphatic carbocycles. The number of nitrogens with zero attached hydrogens (tertiary/aromatic N) is 3. The predicted octanol–water partition coefficient (Wildman–Crippen LogP) is 3.37. The SMILES string of the molecule is CC(C)Cn1nccc1NC(=O)C1CCN(S(=O)(=O)c2ccc(F)c(Cl)c2)CC1. The average molecular weight is 443 g/mol. The summed E-state index contributed by atoms with van der Waals surface area (Å²) in [5, 5.41) is 6.88. The van der Waals surface area contributed by atoms with Gasteiger partial charge in [-0.2, -0.15) is 9.40 Å². The van der Waals surface area contributed by atoms with Crippen LogP contribution >= 0.6 is 11.6 Å².